The van der Waals surface area contributed by atoms with Gasteiger partial charge < -0.3 is 10.3 Å². The number of fused-ring (bicyclic) bond motifs is 1. The van der Waals surface area contributed by atoms with Crippen molar-refractivity contribution in [2.45, 2.75) is 19.4 Å². The predicted octanol–water partition coefficient (Wildman–Crippen LogP) is 4.00. The Morgan fingerprint density at radius 2 is 2.04 bits per heavy atom. The van der Waals surface area contributed by atoms with Crippen LogP contribution in [0, 0.1) is 10.7 Å². The van der Waals surface area contributed by atoms with Gasteiger partial charge in [-0.05, 0) is 42.8 Å². The highest BCUT2D eigenvalue weighted by atomic mass is 19.1. The average molecular weight is 364 g/mol. The highest BCUT2D eigenvalue weighted by Crippen LogP contribution is 2.30. The zero-order valence-electron chi connectivity index (χ0n) is 14.6. The highest BCUT2D eigenvalue weighted by Gasteiger charge is 2.20. The molecule has 1 unspecified atom stereocenters. The summed E-state index contributed by atoms with van der Waals surface area (Å²) in [6.07, 6.45) is 2.34. The van der Waals surface area contributed by atoms with Gasteiger partial charge in [0.2, 0.25) is 0 Å². The molecular weight excluding hydrogens is 347 g/mol. The zero-order valence-corrected chi connectivity index (χ0v) is 14.6. The summed E-state index contributed by atoms with van der Waals surface area (Å²) in [5.41, 5.74) is 4.48. The molecule has 1 amide bonds. The summed E-state index contributed by atoms with van der Waals surface area (Å²) in [4.78, 5) is 30.3. The van der Waals surface area contributed by atoms with Crippen LogP contribution in [0.3, 0.4) is 0 Å². The standard InChI is InChI=1S/C20H17FN4O2/c1-11(25-27)12-2-3-16(21)14(8-12)19-9-13(4-6-22-19)18-10-15-17(24-18)5-7-23-20(15)26/h2-4,6,8-11,24H,5,7H2,1H3,(H,23,26). The third kappa shape index (κ3) is 3.12. The van der Waals surface area contributed by atoms with Gasteiger partial charge in [0.05, 0.1) is 11.3 Å². The van der Waals surface area contributed by atoms with Crippen molar-refractivity contribution in [1.82, 2.24) is 15.3 Å². The number of pyridine rings is 1. The van der Waals surface area contributed by atoms with Crippen molar-refractivity contribution in [3.63, 3.8) is 0 Å². The van der Waals surface area contributed by atoms with Crippen molar-refractivity contribution in [1.29, 1.82) is 0 Å². The SMILES string of the molecule is CC(N=O)c1ccc(F)c(-c2cc(-c3cc4c([nH]3)CCNC4=O)ccn2)c1. The number of nitrogens with zero attached hydrogens (tertiary/aromatic N) is 2. The Morgan fingerprint density at radius 1 is 1.19 bits per heavy atom. The number of H-pyrrole nitrogens is 1. The minimum absolute atomic E-state index is 0.0953. The monoisotopic (exact) mass is 364 g/mol. The van der Waals surface area contributed by atoms with Gasteiger partial charge in [-0.25, -0.2) is 4.39 Å². The summed E-state index contributed by atoms with van der Waals surface area (Å²) in [6, 6.07) is 9.26. The van der Waals surface area contributed by atoms with Gasteiger partial charge in [-0.15, -0.1) is 0 Å². The highest BCUT2D eigenvalue weighted by molar-refractivity contribution is 5.97. The minimum atomic E-state index is -0.568. The lowest BCUT2D eigenvalue weighted by Gasteiger charge is -2.11. The molecule has 1 aliphatic rings. The summed E-state index contributed by atoms with van der Waals surface area (Å²) in [5, 5.41) is 5.81. The van der Waals surface area contributed by atoms with Gasteiger partial charge in [-0.1, -0.05) is 11.2 Å². The third-order valence-corrected chi connectivity index (χ3v) is 4.78. The first-order valence-corrected chi connectivity index (χ1v) is 8.65. The number of nitroso groups, excluding NO2 is 1. The molecule has 0 radical (unpaired) electrons. The maximum Gasteiger partial charge on any atom is 0.253 e. The molecule has 0 bridgehead atoms. The van der Waals surface area contributed by atoms with Crippen LogP contribution >= 0.6 is 0 Å². The minimum Gasteiger partial charge on any atom is -0.358 e. The molecule has 0 spiro atoms. The Hall–Kier alpha value is -3.35. The van der Waals surface area contributed by atoms with E-state index < -0.39 is 11.9 Å². The lowest BCUT2D eigenvalue weighted by Crippen LogP contribution is -2.31. The van der Waals surface area contributed by atoms with E-state index in [9.17, 15) is 14.1 Å². The summed E-state index contributed by atoms with van der Waals surface area (Å²) in [7, 11) is 0. The molecule has 136 valence electrons. The molecule has 0 saturated carbocycles. The number of rotatable bonds is 4. The second-order valence-electron chi connectivity index (χ2n) is 6.53. The lowest BCUT2D eigenvalue weighted by atomic mass is 10.0. The molecule has 2 N–H and O–H groups in total. The average Bonchev–Trinajstić information content (AvgIpc) is 3.14. The summed E-state index contributed by atoms with van der Waals surface area (Å²) in [6.45, 7) is 2.26. The second-order valence-corrected chi connectivity index (χ2v) is 6.53. The molecule has 6 nitrogen and oxygen atoms in total. The molecular formula is C20H17FN4O2. The van der Waals surface area contributed by atoms with Crippen LogP contribution in [-0.2, 0) is 6.42 Å². The van der Waals surface area contributed by atoms with E-state index in [1.165, 1.54) is 6.07 Å². The van der Waals surface area contributed by atoms with E-state index in [1.807, 2.05) is 0 Å². The van der Waals surface area contributed by atoms with Crippen LogP contribution in [0.25, 0.3) is 22.5 Å². The molecule has 1 atom stereocenters. The van der Waals surface area contributed by atoms with Crippen LogP contribution in [0.1, 0.15) is 34.6 Å². The van der Waals surface area contributed by atoms with E-state index in [-0.39, 0.29) is 5.91 Å². The van der Waals surface area contributed by atoms with E-state index in [0.29, 0.717) is 28.9 Å². The number of nitrogens with one attached hydrogen (secondary N) is 2. The molecule has 7 heteroatoms. The van der Waals surface area contributed by atoms with Crippen molar-refractivity contribution in [3.05, 3.63) is 70.1 Å². The molecule has 1 aromatic carbocycles. The summed E-state index contributed by atoms with van der Waals surface area (Å²) < 4.78 is 14.4. The first kappa shape index (κ1) is 17.1. The van der Waals surface area contributed by atoms with Crippen LogP contribution in [-0.4, -0.2) is 22.4 Å². The van der Waals surface area contributed by atoms with E-state index in [0.717, 1.165) is 23.4 Å². The summed E-state index contributed by atoms with van der Waals surface area (Å²) >= 11 is 0. The Morgan fingerprint density at radius 3 is 2.81 bits per heavy atom. The van der Waals surface area contributed by atoms with Crippen molar-refractivity contribution in [3.8, 4) is 22.5 Å². The maximum absolute atomic E-state index is 14.4. The van der Waals surface area contributed by atoms with Crippen LogP contribution < -0.4 is 5.32 Å². The van der Waals surface area contributed by atoms with E-state index in [2.05, 4.69) is 20.5 Å². The molecule has 4 rings (SSSR count). The number of benzene rings is 1. The molecule has 0 saturated heterocycles. The third-order valence-electron chi connectivity index (χ3n) is 4.78. The summed E-state index contributed by atoms with van der Waals surface area (Å²) in [5.74, 6) is -0.520. The fourth-order valence-electron chi connectivity index (χ4n) is 3.25. The fourth-order valence-corrected chi connectivity index (χ4v) is 3.25. The number of halogens is 1. The quantitative estimate of drug-likeness (QED) is 0.686. The van der Waals surface area contributed by atoms with Crippen LogP contribution in [0.4, 0.5) is 4.39 Å². The van der Waals surface area contributed by atoms with Crippen LogP contribution in [0.2, 0.25) is 0 Å². The van der Waals surface area contributed by atoms with Crippen LogP contribution in [0.5, 0.6) is 0 Å². The molecule has 0 aliphatic carbocycles. The fraction of sp³-hybridized carbons (Fsp3) is 0.200. The largest absolute Gasteiger partial charge is 0.358 e. The van der Waals surface area contributed by atoms with Gasteiger partial charge in [-0.3, -0.25) is 9.78 Å². The Kier molecular flexibility index (Phi) is 4.27. The Bertz CT molecular complexity index is 1040. The number of aromatic amines is 1. The number of amides is 1. The van der Waals surface area contributed by atoms with Crippen molar-refractivity contribution in [2.24, 2.45) is 5.18 Å². The maximum atomic E-state index is 14.4. The lowest BCUT2D eigenvalue weighted by molar-refractivity contribution is 0.0946. The molecule has 0 fully saturated rings. The van der Waals surface area contributed by atoms with Gasteiger partial charge in [-0.2, -0.15) is 4.91 Å². The molecule has 2 aromatic heterocycles. The molecule has 3 heterocycles. The predicted molar refractivity (Wildman–Crippen MR) is 99.7 cm³/mol. The van der Waals surface area contributed by atoms with Gasteiger partial charge in [0.1, 0.15) is 11.9 Å². The number of carbonyl (C=O) groups excluding carboxylic acids is 1. The number of aromatic nitrogens is 2. The Balaban J connectivity index is 1.76. The van der Waals surface area contributed by atoms with Crippen LogP contribution in [0.15, 0.2) is 47.8 Å². The zero-order chi connectivity index (χ0) is 19.0. The van der Waals surface area contributed by atoms with Gasteiger partial charge in [0.25, 0.3) is 5.91 Å². The topological polar surface area (TPSA) is 87.2 Å². The normalized spacial score (nSPS) is 14.4. The first-order valence-electron chi connectivity index (χ1n) is 8.65. The van der Waals surface area contributed by atoms with E-state index in [4.69, 9.17) is 0 Å². The van der Waals surface area contributed by atoms with E-state index >= 15 is 0 Å². The van der Waals surface area contributed by atoms with Gasteiger partial charge >= 0.3 is 0 Å². The Labute approximate surface area is 154 Å². The smallest absolute Gasteiger partial charge is 0.253 e. The van der Waals surface area contributed by atoms with Crippen molar-refractivity contribution in [2.75, 3.05) is 6.54 Å². The second kappa shape index (κ2) is 6.75. The number of carbonyl (C=O) groups is 1. The van der Waals surface area contributed by atoms with Gasteiger partial charge in [0.15, 0.2) is 0 Å². The number of hydrogen-bond donors (Lipinski definition) is 2. The molecule has 27 heavy (non-hydrogen) atoms. The molecule has 3 aromatic rings. The van der Waals surface area contributed by atoms with E-state index in [1.54, 1.807) is 43.5 Å². The van der Waals surface area contributed by atoms with Crippen molar-refractivity contribution < 1.29 is 9.18 Å². The molecule has 1 aliphatic heterocycles. The number of hydrogen-bond acceptors (Lipinski definition) is 4. The van der Waals surface area contributed by atoms with Crippen molar-refractivity contribution >= 4 is 5.91 Å². The first-order chi connectivity index (χ1) is 13.1. The van der Waals surface area contributed by atoms with Gasteiger partial charge in [0, 0.05) is 41.7 Å².